The number of aliphatic hydroxyl groups is 3. The number of hydrogen-bond acceptors (Lipinski definition) is 12. The summed E-state index contributed by atoms with van der Waals surface area (Å²) in [4.78, 5) is 56.9. The quantitative estimate of drug-likeness (QED) is 0.180. The van der Waals surface area contributed by atoms with Crippen molar-refractivity contribution in [3.63, 3.8) is 0 Å². The summed E-state index contributed by atoms with van der Waals surface area (Å²) < 4.78 is 0. The number of aliphatic hydroxyl groups excluding tert-OH is 2. The Balaban J connectivity index is 1.92. The third-order valence-corrected chi connectivity index (χ3v) is 8.39. The number of nitrogens with one attached hydrogen (secondary N) is 1. The Morgan fingerprint density at radius 2 is 1.71 bits per heavy atom. The number of allylic oxidation sites excluding steroid dienone is 1. The number of fused-ring (bicyclic) bond motifs is 3. The Kier molecular flexibility index (Phi) is 7.65. The molecular formula is C28H38N6O8. The topological polar surface area (TPSA) is 223 Å². The molecule has 0 heterocycles. The fraction of sp³-hybridized carbons (Fsp3) is 0.500. The number of rotatable bonds is 7. The van der Waals surface area contributed by atoms with Crippen molar-refractivity contribution >= 4 is 29.1 Å². The number of nitrogens with zero attached hydrogens (tertiary/aromatic N) is 3. The van der Waals surface area contributed by atoms with Gasteiger partial charge in [0.1, 0.15) is 22.8 Å². The number of likely N-dealkylation sites (N-methyl/N-ethyl adjacent to an activating group) is 2. The van der Waals surface area contributed by atoms with Gasteiger partial charge in [0.25, 0.3) is 5.91 Å². The first-order valence-electron chi connectivity index (χ1n) is 13.3. The van der Waals surface area contributed by atoms with Gasteiger partial charge in [-0.3, -0.25) is 24.1 Å². The van der Waals surface area contributed by atoms with Crippen molar-refractivity contribution in [3.8, 4) is 5.75 Å². The van der Waals surface area contributed by atoms with Crippen molar-refractivity contribution < 1.29 is 39.6 Å². The fourth-order valence-corrected chi connectivity index (χ4v) is 6.64. The SMILES string of the molecule is CN(C)CC(=O)NCc1cc(N(C)C)c2c(c1O)C(=O)C1=C(O)[C@]3(O)C(=O)C(C(N)=O)=C(O)C(N(C)C)[C@]3(N)C[C@@H]1C2. The van der Waals surface area contributed by atoms with Crippen molar-refractivity contribution in [1.29, 1.82) is 0 Å². The summed E-state index contributed by atoms with van der Waals surface area (Å²) >= 11 is 0. The van der Waals surface area contributed by atoms with Crippen molar-refractivity contribution in [1.82, 2.24) is 15.1 Å². The van der Waals surface area contributed by atoms with E-state index in [1.165, 1.54) is 19.0 Å². The maximum Gasteiger partial charge on any atom is 0.255 e. The van der Waals surface area contributed by atoms with Gasteiger partial charge in [-0.25, -0.2) is 0 Å². The number of amides is 2. The van der Waals surface area contributed by atoms with Gasteiger partial charge in [0.2, 0.25) is 17.3 Å². The summed E-state index contributed by atoms with van der Waals surface area (Å²) in [5.41, 5.74) is 6.88. The van der Waals surface area contributed by atoms with E-state index in [0.717, 1.165) is 0 Å². The van der Waals surface area contributed by atoms with Gasteiger partial charge >= 0.3 is 0 Å². The lowest BCUT2D eigenvalue weighted by Gasteiger charge is -2.56. The van der Waals surface area contributed by atoms with Crippen LogP contribution in [0.5, 0.6) is 5.75 Å². The van der Waals surface area contributed by atoms with Crippen LogP contribution in [0.15, 0.2) is 28.7 Å². The lowest BCUT2D eigenvalue weighted by atomic mass is 9.54. The summed E-state index contributed by atoms with van der Waals surface area (Å²) in [7, 11) is 9.95. The van der Waals surface area contributed by atoms with E-state index < -0.39 is 63.4 Å². The Hall–Kier alpha value is -3.98. The molecule has 0 aliphatic heterocycles. The van der Waals surface area contributed by atoms with Gasteiger partial charge < -0.3 is 47.0 Å². The predicted octanol–water partition coefficient (Wildman–Crippen LogP) is -1.55. The van der Waals surface area contributed by atoms with Crippen LogP contribution in [-0.4, -0.2) is 120 Å². The van der Waals surface area contributed by atoms with Crippen molar-refractivity contribution in [2.24, 2.45) is 17.4 Å². The molecule has 14 nitrogen and oxygen atoms in total. The van der Waals surface area contributed by atoms with Crippen LogP contribution in [0.25, 0.3) is 0 Å². The molecule has 0 radical (unpaired) electrons. The van der Waals surface area contributed by atoms with Gasteiger partial charge in [-0.05, 0) is 58.6 Å². The van der Waals surface area contributed by atoms with Crippen LogP contribution < -0.4 is 21.7 Å². The summed E-state index contributed by atoms with van der Waals surface area (Å²) in [6.07, 6.45) is -0.180. The molecule has 0 fully saturated rings. The Morgan fingerprint density at radius 1 is 1.10 bits per heavy atom. The molecule has 1 aromatic carbocycles. The smallest absolute Gasteiger partial charge is 0.255 e. The van der Waals surface area contributed by atoms with Crippen molar-refractivity contribution in [3.05, 3.63) is 45.4 Å². The molecule has 0 aromatic heterocycles. The summed E-state index contributed by atoms with van der Waals surface area (Å²) in [6.45, 7) is 0.00551. The first kappa shape index (κ1) is 31.0. The monoisotopic (exact) mass is 586 g/mol. The molecule has 1 aromatic rings. The number of ketones is 2. The maximum atomic E-state index is 14.1. The van der Waals surface area contributed by atoms with Gasteiger partial charge in [0.05, 0.1) is 23.7 Å². The Bertz CT molecular complexity index is 1460. The average molecular weight is 587 g/mol. The number of benzene rings is 1. The summed E-state index contributed by atoms with van der Waals surface area (Å²) in [6, 6.07) is 0.321. The fourth-order valence-electron chi connectivity index (χ4n) is 6.64. The van der Waals surface area contributed by atoms with E-state index in [0.29, 0.717) is 11.3 Å². The van der Waals surface area contributed by atoms with Crippen LogP contribution in [-0.2, 0) is 27.3 Å². The number of carbonyl (C=O) groups excluding carboxylic acids is 4. The highest BCUT2D eigenvalue weighted by atomic mass is 16.4. The van der Waals surface area contributed by atoms with E-state index in [4.69, 9.17) is 11.5 Å². The summed E-state index contributed by atoms with van der Waals surface area (Å²) in [5, 5.41) is 48.4. The Morgan fingerprint density at radius 3 is 2.24 bits per heavy atom. The van der Waals surface area contributed by atoms with Crippen LogP contribution in [0.4, 0.5) is 5.69 Å². The third-order valence-electron chi connectivity index (χ3n) is 8.39. The number of aromatic hydroxyl groups is 1. The summed E-state index contributed by atoms with van der Waals surface area (Å²) in [5.74, 6) is -6.97. The standard InChI is InChI=1S/C28H38N6O8/c1-32(2)11-16(35)31-10-13-8-15(33(3)4)14-7-12-9-27(30)23(34(5)6)22(38)19(26(29)41)25(40)28(27,42)24(39)17(12)21(37)18(14)20(13)36/h8,12,23,36,38-39,42H,7,9-11,30H2,1-6H3,(H2,29,41)(H,31,35)/t12-,23?,27+,28-/m0/s1. The zero-order chi connectivity index (χ0) is 31.6. The van der Waals surface area contributed by atoms with E-state index in [-0.39, 0.29) is 48.5 Å². The average Bonchev–Trinajstić information content (AvgIpc) is 2.84. The van der Waals surface area contributed by atoms with Crippen LogP contribution in [0.2, 0.25) is 0 Å². The lowest BCUT2D eigenvalue weighted by Crippen LogP contribution is -2.79. The normalized spacial score (nSPS) is 27.2. The molecule has 0 saturated heterocycles. The highest BCUT2D eigenvalue weighted by molar-refractivity contribution is 6.25. The molecular weight excluding hydrogens is 548 g/mol. The van der Waals surface area contributed by atoms with Gasteiger partial charge in [-0.1, -0.05) is 0 Å². The molecule has 228 valence electrons. The van der Waals surface area contributed by atoms with Crippen molar-refractivity contribution in [2.45, 2.75) is 36.6 Å². The number of Topliss-reactive ketones (excluding diaryl/α,β-unsaturated/α-hetero) is 2. The minimum absolute atomic E-state index is 0.0747. The number of phenolic OH excluding ortho intramolecular Hbond substituents is 1. The highest BCUT2D eigenvalue weighted by Crippen LogP contribution is 2.54. The molecule has 42 heavy (non-hydrogen) atoms. The van der Waals surface area contributed by atoms with Gasteiger partial charge in [-0.2, -0.15) is 0 Å². The predicted molar refractivity (Wildman–Crippen MR) is 152 cm³/mol. The number of carbonyl (C=O) groups is 4. The van der Waals surface area contributed by atoms with Crippen molar-refractivity contribution in [2.75, 3.05) is 53.7 Å². The van der Waals surface area contributed by atoms with Gasteiger partial charge in [0, 0.05) is 37.5 Å². The van der Waals surface area contributed by atoms with E-state index in [1.807, 2.05) is 0 Å². The van der Waals surface area contributed by atoms with E-state index >= 15 is 0 Å². The van der Waals surface area contributed by atoms with E-state index in [1.54, 1.807) is 44.1 Å². The molecule has 0 bridgehead atoms. The number of hydrogen-bond donors (Lipinski definition) is 7. The zero-order valence-electron chi connectivity index (χ0n) is 24.5. The molecule has 14 heteroatoms. The molecule has 4 atom stereocenters. The minimum Gasteiger partial charge on any atom is -0.510 e. The number of phenols is 1. The molecule has 2 amide bonds. The van der Waals surface area contributed by atoms with E-state index in [9.17, 15) is 39.6 Å². The van der Waals surface area contributed by atoms with Crippen LogP contribution in [0.1, 0.15) is 27.9 Å². The number of primary amides is 1. The van der Waals surface area contributed by atoms with Crippen LogP contribution in [0.3, 0.4) is 0 Å². The maximum absolute atomic E-state index is 14.1. The largest absolute Gasteiger partial charge is 0.510 e. The molecule has 1 unspecified atom stereocenters. The molecule has 3 aliphatic carbocycles. The second-order valence-electron chi connectivity index (χ2n) is 11.9. The zero-order valence-corrected chi connectivity index (χ0v) is 24.5. The van der Waals surface area contributed by atoms with Crippen LogP contribution in [0, 0.1) is 5.92 Å². The molecule has 3 aliphatic rings. The third kappa shape index (κ3) is 4.33. The van der Waals surface area contributed by atoms with Gasteiger partial charge in [0.15, 0.2) is 5.78 Å². The second kappa shape index (κ2) is 10.4. The molecule has 0 saturated carbocycles. The first-order chi connectivity index (χ1) is 19.4. The molecule has 4 rings (SSSR count). The first-order valence-corrected chi connectivity index (χ1v) is 13.3. The van der Waals surface area contributed by atoms with Gasteiger partial charge in [-0.15, -0.1) is 0 Å². The minimum atomic E-state index is -2.99. The lowest BCUT2D eigenvalue weighted by molar-refractivity contribution is -0.152. The van der Waals surface area contributed by atoms with E-state index in [2.05, 4.69) is 5.32 Å². The molecule has 0 spiro atoms. The second-order valence-corrected chi connectivity index (χ2v) is 11.9. The number of anilines is 1. The highest BCUT2D eigenvalue weighted by Gasteiger charge is 2.70. The van der Waals surface area contributed by atoms with Crippen LogP contribution >= 0.6 is 0 Å². The number of nitrogens with two attached hydrogens (primary N) is 2. The molecule has 9 N–H and O–H groups in total. The Labute approximate surface area is 242 Å².